The monoisotopic (exact) mass is 345 g/mol. The van der Waals surface area contributed by atoms with Gasteiger partial charge in [-0.25, -0.2) is 4.79 Å². The average Bonchev–Trinajstić information content (AvgIpc) is 2.93. The number of carbonyl (C=O) groups excluding carboxylic acids is 2. The summed E-state index contributed by atoms with van der Waals surface area (Å²) < 4.78 is 5.39. The summed E-state index contributed by atoms with van der Waals surface area (Å²) in [6, 6.07) is 3.70. The van der Waals surface area contributed by atoms with Crippen molar-refractivity contribution in [3.63, 3.8) is 0 Å². The second-order valence-corrected chi connectivity index (χ2v) is 8.01. The molecule has 2 amide bonds. The van der Waals surface area contributed by atoms with Crippen LogP contribution in [0, 0.1) is 6.92 Å². The molecule has 2 atom stereocenters. The van der Waals surface area contributed by atoms with E-state index in [-0.39, 0.29) is 17.9 Å². The van der Waals surface area contributed by atoms with Gasteiger partial charge in [-0.2, -0.15) is 0 Å². The minimum Gasteiger partial charge on any atom is -0.444 e. The lowest BCUT2D eigenvalue weighted by Gasteiger charge is -2.41. The lowest BCUT2D eigenvalue weighted by atomic mass is 10.0. The lowest BCUT2D eigenvalue weighted by Crippen LogP contribution is -2.59. The highest BCUT2D eigenvalue weighted by Gasteiger charge is 2.43. The van der Waals surface area contributed by atoms with Gasteiger partial charge in [0, 0.05) is 37.4 Å². The third-order valence-electron chi connectivity index (χ3n) is 4.79. The molecule has 3 heterocycles. The molecule has 0 spiro atoms. The van der Waals surface area contributed by atoms with Crippen molar-refractivity contribution in [2.24, 2.45) is 0 Å². The van der Waals surface area contributed by atoms with Crippen LogP contribution in [-0.4, -0.2) is 58.1 Å². The average molecular weight is 345 g/mol. The highest BCUT2D eigenvalue weighted by Crippen LogP contribution is 2.29. The molecule has 6 nitrogen and oxygen atoms in total. The number of hydrogen-bond donors (Lipinski definition) is 0. The molecule has 0 aromatic carbocycles. The van der Waals surface area contributed by atoms with Crippen molar-refractivity contribution in [3.8, 4) is 0 Å². The first kappa shape index (κ1) is 17.7. The number of nitrogens with zero attached hydrogens (tertiary/aromatic N) is 3. The molecule has 0 radical (unpaired) electrons. The third kappa shape index (κ3) is 3.94. The van der Waals surface area contributed by atoms with Crippen LogP contribution in [0.4, 0.5) is 4.79 Å². The van der Waals surface area contributed by atoms with Gasteiger partial charge in [0.05, 0.1) is 0 Å². The summed E-state index contributed by atoms with van der Waals surface area (Å²) in [4.78, 5) is 32.9. The van der Waals surface area contributed by atoms with E-state index in [4.69, 9.17) is 4.74 Å². The van der Waals surface area contributed by atoms with Crippen molar-refractivity contribution < 1.29 is 14.3 Å². The van der Waals surface area contributed by atoms with Crippen molar-refractivity contribution in [2.75, 3.05) is 19.6 Å². The third-order valence-corrected chi connectivity index (χ3v) is 4.79. The van der Waals surface area contributed by atoms with Crippen molar-refractivity contribution in [1.82, 2.24) is 14.8 Å². The zero-order valence-electron chi connectivity index (χ0n) is 15.5. The molecule has 0 bridgehead atoms. The van der Waals surface area contributed by atoms with Gasteiger partial charge in [-0.05, 0) is 58.2 Å². The molecule has 1 aromatic heterocycles. The van der Waals surface area contributed by atoms with E-state index < -0.39 is 11.7 Å². The summed E-state index contributed by atoms with van der Waals surface area (Å²) in [6.45, 7) is 9.54. The topological polar surface area (TPSA) is 62.7 Å². The Kier molecular flexibility index (Phi) is 4.71. The van der Waals surface area contributed by atoms with E-state index in [0.29, 0.717) is 19.5 Å². The second-order valence-electron chi connectivity index (χ2n) is 8.01. The maximum absolute atomic E-state index is 12.8. The Morgan fingerprint density at radius 2 is 2.00 bits per heavy atom. The molecule has 1 aromatic rings. The number of carbonyl (C=O) groups is 2. The fourth-order valence-electron chi connectivity index (χ4n) is 3.38. The molecule has 0 saturated carbocycles. The number of likely N-dealkylation sites (tertiary alicyclic amines) is 2. The van der Waals surface area contributed by atoms with Crippen molar-refractivity contribution in [2.45, 2.75) is 58.1 Å². The molecule has 0 N–H and O–H groups in total. The molecule has 6 heteroatoms. The van der Waals surface area contributed by atoms with E-state index in [9.17, 15) is 9.59 Å². The van der Waals surface area contributed by atoms with Gasteiger partial charge in [-0.15, -0.1) is 0 Å². The molecule has 2 aliphatic heterocycles. The highest BCUT2D eigenvalue weighted by molar-refractivity contribution is 5.87. The normalized spacial score (nSPS) is 23.4. The smallest absolute Gasteiger partial charge is 0.410 e. The lowest BCUT2D eigenvalue weighted by molar-refractivity contribution is -0.140. The number of aromatic nitrogens is 1. The summed E-state index contributed by atoms with van der Waals surface area (Å²) in [6.07, 6.45) is 3.06. The molecular formula is C19H27N3O3. The number of rotatable bonds is 2. The van der Waals surface area contributed by atoms with Crippen LogP contribution in [0.1, 0.15) is 50.8 Å². The SMILES string of the molecule is Cc1ccnc(C2CCN(C(=O)[C@H]3CCN3C(=O)OC(C)(C)C)C2)c1. The summed E-state index contributed by atoms with van der Waals surface area (Å²) in [5, 5.41) is 0. The molecule has 1 unspecified atom stereocenters. The van der Waals surface area contributed by atoms with E-state index in [1.165, 1.54) is 5.56 Å². The fraction of sp³-hybridized carbons (Fsp3) is 0.632. The van der Waals surface area contributed by atoms with Crippen LogP contribution in [0.3, 0.4) is 0 Å². The standard InChI is InChI=1S/C19H27N3O3/c1-13-5-8-20-15(11-13)14-6-9-21(12-14)17(23)16-7-10-22(16)18(24)25-19(2,3)4/h5,8,11,14,16H,6-7,9-10,12H2,1-4H3/t14?,16-/m1/s1. The van der Waals surface area contributed by atoms with Crippen LogP contribution in [-0.2, 0) is 9.53 Å². The first-order valence-corrected chi connectivity index (χ1v) is 8.95. The minimum atomic E-state index is -0.546. The van der Waals surface area contributed by atoms with Gasteiger partial charge in [0.2, 0.25) is 5.91 Å². The Bertz CT molecular complexity index is 668. The van der Waals surface area contributed by atoms with Crippen molar-refractivity contribution in [1.29, 1.82) is 0 Å². The van der Waals surface area contributed by atoms with Gasteiger partial charge >= 0.3 is 6.09 Å². The number of aryl methyl sites for hydroxylation is 1. The van der Waals surface area contributed by atoms with Crippen LogP contribution in [0.5, 0.6) is 0 Å². The van der Waals surface area contributed by atoms with Crippen molar-refractivity contribution >= 4 is 12.0 Å². The first-order chi connectivity index (χ1) is 11.7. The van der Waals surface area contributed by atoms with Gasteiger partial charge in [0.1, 0.15) is 11.6 Å². The Morgan fingerprint density at radius 3 is 2.60 bits per heavy atom. The van der Waals surface area contributed by atoms with Gasteiger partial charge < -0.3 is 9.64 Å². The Morgan fingerprint density at radius 1 is 1.24 bits per heavy atom. The number of ether oxygens (including phenoxy) is 1. The summed E-state index contributed by atoms with van der Waals surface area (Å²) in [7, 11) is 0. The van der Waals surface area contributed by atoms with E-state index in [1.807, 2.05) is 37.9 Å². The van der Waals surface area contributed by atoms with Crippen LogP contribution in [0.25, 0.3) is 0 Å². The molecule has 2 fully saturated rings. The minimum absolute atomic E-state index is 0.0345. The van der Waals surface area contributed by atoms with Gasteiger partial charge in [-0.1, -0.05) is 0 Å². The van der Waals surface area contributed by atoms with Crippen LogP contribution >= 0.6 is 0 Å². The number of hydrogen-bond acceptors (Lipinski definition) is 4. The molecule has 136 valence electrons. The summed E-state index contributed by atoms with van der Waals surface area (Å²) in [5.74, 6) is 0.311. The van der Waals surface area contributed by atoms with Crippen LogP contribution < -0.4 is 0 Å². The zero-order chi connectivity index (χ0) is 18.2. The maximum Gasteiger partial charge on any atom is 0.410 e. The molecule has 3 rings (SSSR count). The predicted octanol–water partition coefficient (Wildman–Crippen LogP) is 2.72. The van der Waals surface area contributed by atoms with E-state index in [0.717, 1.165) is 18.7 Å². The van der Waals surface area contributed by atoms with Gasteiger partial charge in [0.15, 0.2) is 0 Å². The van der Waals surface area contributed by atoms with E-state index in [2.05, 4.69) is 18.0 Å². The zero-order valence-corrected chi connectivity index (χ0v) is 15.5. The van der Waals surface area contributed by atoms with Crippen molar-refractivity contribution in [3.05, 3.63) is 29.6 Å². The second kappa shape index (κ2) is 6.65. The molecular weight excluding hydrogens is 318 g/mol. The Labute approximate surface area is 149 Å². The number of amides is 2. The molecule has 2 saturated heterocycles. The molecule has 25 heavy (non-hydrogen) atoms. The van der Waals surface area contributed by atoms with E-state index in [1.54, 1.807) is 4.90 Å². The highest BCUT2D eigenvalue weighted by atomic mass is 16.6. The van der Waals surface area contributed by atoms with Crippen LogP contribution in [0.15, 0.2) is 18.3 Å². The fourth-order valence-corrected chi connectivity index (χ4v) is 3.38. The summed E-state index contributed by atoms with van der Waals surface area (Å²) in [5.41, 5.74) is 1.69. The maximum atomic E-state index is 12.8. The van der Waals surface area contributed by atoms with Gasteiger partial charge in [-0.3, -0.25) is 14.7 Å². The molecule has 2 aliphatic rings. The van der Waals surface area contributed by atoms with Crippen LogP contribution in [0.2, 0.25) is 0 Å². The number of pyridine rings is 1. The Balaban J connectivity index is 1.60. The largest absolute Gasteiger partial charge is 0.444 e. The van der Waals surface area contributed by atoms with Gasteiger partial charge in [0.25, 0.3) is 0 Å². The first-order valence-electron chi connectivity index (χ1n) is 8.95. The predicted molar refractivity (Wildman–Crippen MR) is 94.3 cm³/mol. The Hall–Kier alpha value is -2.11. The quantitative estimate of drug-likeness (QED) is 0.827. The van der Waals surface area contributed by atoms with E-state index >= 15 is 0 Å². The summed E-state index contributed by atoms with van der Waals surface area (Å²) >= 11 is 0. The molecule has 0 aliphatic carbocycles.